The van der Waals surface area contributed by atoms with Crippen molar-refractivity contribution >= 4 is 0 Å². The number of hydrogen-bond acceptors (Lipinski definition) is 3. The first-order chi connectivity index (χ1) is 7.66. The Balaban J connectivity index is 2.06. The molecule has 1 saturated heterocycles. The maximum Gasteiger partial charge on any atom is 0.0783 e. The molecule has 1 aliphatic rings. The lowest BCUT2D eigenvalue weighted by atomic mass is 9.98. The van der Waals surface area contributed by atoms with E-state index in [0.717, 1.165) is 25.4 Å². The number of ether oxygens (including phenoxy) is 1. The van der Waals surface area contributed by atoms with Gasteiger partial charge in [0, 0.05) is 30.9 Å². The third-order valence-corrected chi connectivity index (χ3v) is 3.25. The van der Waals surface area contributed by atoms with Crippen molar-refractivity contribution in [3.63, 3.8) is 0 Å². The molecule has 1 aromatic heterocycles. The van der Waals surface area contributed by atoms with Crippen LogP contribution < -0.4 is 0 Å². The van der Waals surface area contributed by atoms with E-state index in [1.54, 1.807) is 0 Å². The summed E-state index contributed by atoms with van der Waals surface area (Å²) < 4.78 is 5.81. The topological polar surface area (TPSA) is 25.4 Å². The lowest BCUT2D eigenvalue weighted by Gasteiger charge is -2.33. The minimum atomic E-state index is 0.272. The number of hydrogen-bond donors (Lipinski definition) is 0. The number of rotatable bonds is 2. The molecule has 1 unspecified atom stereocenters. The van der Waals surface area contributed by atoms with E-state index in [4.69, 9.17) is 4.74 Å². The van der Waals surface area contributed by atoms with Gasteiger partial charge in [-0.1, -0.05) is 13.0 Å². The van der Waals surface area contributed by atoms with Crippen LogP contribution in [0.3, 0.4) is 0 Å². The number of morpholine rings is 1. The van der Waals surface area contributed by atoms with Crippen molar-refractivity contribution in [3.05, 3.63) is 29.6 Å². The zero-order valence-corrected chi connectivity index (χ0v) is 10.3. The molecule has 0 aromatic carbocycles. The minimum absolute atomic E-state index is 0.272. The summed E-state index contributed by atoms with van der Waals surface area (Å²) in [5.41, 5.74) is 2.34. The first-order valence-electron chi connectivity index (χ1n) is 5.89. The predicted molar refractivity (Wildman–Crippen MR) is 64.6 cm³/mol. The largest absolute Gasteiger partial charge is 0.375 e. The maximum atomic E-state index is 5.81. The molecule has 1 fully saturated rings. The SMILES string of the molecule is Cc1ccc(C(C)[C@@H]2CN(C)CCO2)nc1. The molecule has 1 aromatic rings. The van der Waals surface area contributed by atoms with Gasteiger partial charge in [-0.15, -0.1) is 0 Å². The summed E-state index contributed by atoms with van der Waals surface area (Å²) in [6, 6.07) is 4.23. The molecule has 3 heteroatoms. The van der Waals surface area contributed by atoms with Crippen molar-refractivity contribution in [2.24, 2.45) is 0 Å². The summed E-state index contributed by atoms with van der Waals surface area (Å²) in [5, 5.41) is 0. The molecule has 0 radical (unpaired) electrons. The summed E-state index contributed by atoms with van der Waals surface area (Å²) in [7, 11) is 2.14. The van der Waals surface area contributed by atoms with Crippen LogP contribution in [0.25, 0.3) is 0 Å². The van der Waals surface area contributed by atoms with Crippen LogP contribution in [0.5, 0.6) is 0 Å². The van der Waals surface area contributed by atoms with Gasteiger partial charge in [0.2, 0.25) is 0 Å². The second kappa shape index (κ2) is 4.93. The summed E-state index contributed by atoms with van der Waals surface area (Å²) in [5.74, 6) is 0.364. The molecule has 0 bridgehead atoms. The zero-order valence-electron chi connectivity index (χ0n) is 10.3. The molecular weight excluding hydrogens is 200 g/mol. The molecule has 2 atom stereocenters. The Hall–Kier alpha value is -0.930. The van der Waals surface area contributed by atoms with Gasteiger partial charge in [0.25, 0.3) is 0 Å². The zero-order chi connectivity index (χ0) is 11.5. The van der Waals surface area contributed by atoms with Crippen LogP contribution in [-0.2, 0) is 4.74 Å². The fourth-order valence-corrected chi connectivity index (χ4v) is 2.05. The fraction of sp³-hybridized carbons (Fsp3) is 0.615. The second-order valence-electron chi connectivity index (χ2n) is 4.72. The molecule has 2 rings (SSSR count). The quantitative estimate of drug-likeness (QED) is 0.760. The van der Waals surface area contributed by atoms with Gasteiger partial charge < -0.3 is 9.64 Å². The van der Waals surface area contributed by atoms with Crippen LogP contribution in [0.4, 0.5) is 0 Å². The van der Waals surface area contributed by atoms with Crippen LogP contribution in [0.2, 0.25) is 0 Å². The third-order valence-electron chi connectivity index (χ3n) is 3.25. The van der Waals surface area contributed by atoms with Crippen molar-refractivity contribution in [2.45, 2.75) is 25.9 Å². The Kier molecular flexibility index (Phi) is 3.56. The molecule has 2 heterocycles. The van der Waals surface area contributed by atoms with E-state index in [9.17, 15) is 0 Å². The lowest BCUT2D eigenvalue weighted by Crippen LogP contribution is -2.42. The van der Waals surface area contributed by atoms with Crippen LogP contribution >= 0.6 is 0 Å². The van der Waals surface area contributed by atoms with Crippen molar-refractivity contribution < 1.29 is 4.74 Å². The summed E-state index contributed by atoms with van der Waals surface area (Å²) in [6.07, 6.45) is 2.20. The predicted octanol–water partition coefficient (Wildman–Crippen LogP) is 1.82. The van der Waals surface area contributed by atoms with Gasteiger partial charge in [0.05, 0.1) is 12.7 Å². The van der Waals surface area contributed by atoms with Gasteiger partial charge in [0.15, 0.2) is 0 Å². The molecule has 0 aliphatic carbocycles. The monoisotopic (exact) mass is 220 g/mol. The standard InChI is InChI=1S/C13H20N2O/c1-10-4-5-12(14-8-10)11(2)13-9-15(3)6-7-16-13/h4-5,8,11,13H,6-7,9H2,1-3H3/t11?,13-/m0/s1. The Morgan fingerprint density at radius 2 is 2.31 bits per heavy atom. The van der Waals surface area contributed by atoms with Gasteiger partial charge in [0.1, 0.15) is 0 Å². The molecule has 0 N–H and O–H groups in total. The highest BCUT2D eigenvalue weighted by molar-refractivity contribution is 5.16. The van der Waals surface area contributed by atoms with Crippen LogP contribution in [-0.4, -0.2) is 42.7 Å². The van der Waals surface area contributed by atoms with Crippen molar-refractivity contribution in [1.29, 1.82) is 0 Å². The third kappa shape index (κ3) is 2.60. The Morgan fingerprint density at radius 3 is 2.94 bits per heavy atom. The summed E-state index contributed by atoms with van der Waals surface area (Å²) in [4.78, 5) is 6.80. The first kappa shape index (κ1) is 11.6. The molecule has 0 spiro atoms. The molecule has 16 heavy (non-hydrogen) atoms. The maximum absolute atomic E-state index is 5.81. The average Bonchev–Trinajstić information content (AvgIpc) is 2.29. The van der Waals surface area contributed by atoms with Gasteiger partial charge >= 0.3 is 0 Å². The first-order valence-corrected chi connectivity index (χ1v) is 5.89. The average molecular weight is 220 g/mol. The highest BCUT2D eigenvalue weighted by Crippen LogP contribution is 2.22. The van der Waals surface area contributed by atoms with E-state index in [0.29, 0.717) is 5.92 Å². The van der Waals surface area contributed by atoms with Gasteiger partial charge in [-0.25, -0.2) is 0 Å². The van der Waals surface area contributed by atoms with E-state index in [2.05, 4.69) is 42.9 Å². The second-order valence-corrected chi connectivity index (χ2v) is 4.72. The molecule has 88 valence electrons. The highest BCUT2D eigenvalue weighted by atomic mass is 16.5. The van der Waals surface area contributed by atoms with E-state index < -0.39 is 0 Å². The summed E-state index contributed by atoms with van der Waals surface area (Å²) >= 11 is 0. The van der Waals surface area contributed by atoms with Crippen LogP contribution in [0, 0.1) is 6.92 Å². The molecule has 1 aliphatic heterocycles. The smallest absolute Gasteiger partial charge is 0.0783 e. The fourth-order valence-electron chi connectivity index (χ4n) is 2.05. The van der Waals surface area contributed by atoms with Gasteiger partial charge in [-0.05, 0) is 25.6 Å². The van der Waals surface area contributed by atoms with Crippen molar-refractivity contribution in [1.82, 2.24) is 9.88 Å². The minimum Gasteiger partial charge on any atom is -0.375 e. The van der Waals surface area contributed by atoms with Crippen molar-refractivity contribution in [2.75, 3.05) is 26.7 Å². The van der Waals surface area contributed by atoms with Gasteiger partial charge in [-0.3, -0.25) is 4.98 Å². The Labute approximate surface area is 97.4 Å². The van der Waals surface area contributed by atoms with E-state index in [1.807, 2.05) is 6.20 Å². The Bertz CT molecular complexity index is 336. The number of aromatic nitrogens is 1. The number of likely N-dealkylation sites (N-methyl/N-ethyl adjacent to an activating group) is 1. The number of pyridine rings is 1. The van der Waals surface area contributed by atoms with Crippen LogP contribution in [0.1, 0.15) is 24.1 Å². The van der Waals surface area contributed by atoms with E-state index >= 15 is 0 Å². The van der Waals surface area contributed by atoms with Gasteiger partial charge in [-0.2, -0.15) is 0 Å². The van der Waals surface area contributed by atoms with E-state index in [1.165, 1.54) is 5.56 Å². The highest BCUT2D eigenvalue weighted by Gasteiger charge is 2.25. The van der Waals surface area contributed by atoms with E-state index in [-0.39, 0.29) is 6.10 Å². The van der Waals surface area contributed by atoms with Crippen molar-refractivity contribution in [3.8, 4) is 0 Å². The molecular formula is C13H20N2O. The number of nitrogens with zero attached hydrogens (tertiary/aromatic N) is 2. The number of aryl methyl sites for hydroxylation is 1. The molecule has 0 amide bonds. The molecule has 0 saturated carbocycles. The normalized spacial score (nSPS) is 24.3. The Morgan fingerprint density at radius 1 is 1.50 bits per heavy atom. The lowest BCUT2D eigenvalue weighted by molar-refractivity contribution is -0.0312. The molecule has 3 nitrogen and oxygen atoms in total. The van der Waals surface area contributed by atoms with Crippen LogP contribution in [0.15, 0.2) is 18.3 Å². The summed E-state index contributed by atoms with van der Waals surface area (Å²) in [6.45, 7) is 7.12.